The quantitative estimate of drug-likeness (QED) is 0.720. The van der Waals surface area contributed by atoms with Crippen LogP contribution in [0.5, 0.6) is 5.75 Å². The van der Waals surface area contributed by atoms with Crippen LogP contribution in [0.15, 0.2) is 48.5 Å². The van der Waals surface area contributed by atoms with Gasteiger partial charge in [0.25, 0.3) is 5.91 Å². The molecule has 27 heavy (non-hydrogen) atoms. The highest BCUT2D eigenvalue weighted by molar-refractivity contribution is 6.30. The fourth-order valence-corrected chi connectivity index (χ4v) is 3.09. The van der Waals surface area contributed by atoms with Gasteiger partial charge in [0.15, 0.2) is 6.61 Å². The first-order chi connectivity index (χ1) is 13.1. The molecule has 5 nitrogen and oxygen atoms in total. The van der Waals surface area contributed by atoms with Gasteiger partial charge in [-0.15, -0.1) is 0 Å². The maximum atomic E-state index is 12.2. The van der Waals surface area contributed by atoms with Crippen LogP contribution in [0.3, 0.4) is 0 Å². The van der Waals surface area contributed by atoms with Crippen molar-refractivity contribution in [3.05, 3.63) is 59.1 Å². The van der Waals surface area contributed by atoms with Gasteiger partial charge in [0.1, 0.15) is 11.9 Å². The minimum Gasteiger partial charge on any atom is -0.484 e. The lowest BCUT2D eigenvalue weighted by molar-refractivity contribution is -0.118. The number of hydrogen-bond acceptors (Lipinski definition) is 4. The summed E-state index contributed by atoms with van der Waals surface area (Å²) < 4.78 is 10.9. The van der Waals surface area contributed by atoms with Gasteiger partial charge in [-0.25, -0.2) is 4.79 Å². The van der Waals surface area contributed by atoms with E-state index in [-0.39, 0.29) is 24.6 Å². The average molecular weight is 388 g/mol. The maximum absolute atomic E-state index is 12.2. The molecule has 0 heterocycles. The van der Waals surface area contributed by atoms with Gasteiger partial charge in [-0.3, -0.25) is 4.79 Å². The van der Waals surface area contributed by atoms with E-state index in [9.17, 15) is 9.59 Å². The van der Waals surface area contributed by atoms with E-state index in [0.717, 1.165) is 25.7 Å². The highest BCUT2D eigenvalue weighted by Gasteiger charge is 2.18. The Balaban J connectivity index is 1.47. The van der Waals surface area contributed by atoms with Gasteiger partial charge in [-0.05, 0) is 74.2 Å². The summed E-state index contributed by atoms with van der Waals surface area (Å²) in [5.74, 6) is -0.0383. The van der Waals surface area contributed by atoms with Crippen LogP contribution in [0.25, 0.3) is 0 Å². The third-order valence-electron chi connectivity index (χ3n) is 4.41. The highest BCUT2D eigenvalue weighted by Crippen LogP contribution is 2.22. The molecule has 2 aromatic carbocycles. The molecule has 0 atom stereocenters. The number of hydrogen-bond donors (Lipinski definition) is 1. The molecule has 0 radical (unpaired) electrons. The molecule has 1 N–H and O–H groups in total. The largest absolute Gasteiger partial charge is 0.484 e. The van der Waals surface area contributed by atoms with Gasteiger partial charge in [0.05, 0.1) is 5.56 Å². The van der Waals surface area contributed by atoms with Gasteiger partial charge in [0, 0.05) is 10.7 Å². The van der Waals surface area contributed by atoms with Crippen LogP contribution in [0.2, 0.25) is 5.02 Å². The van der Waals surface area contributed by atoms with Gasteiger partial charge >= 0.3 is 5.97 Å². The van der Waals surface area contributed by atoms with E-state index < -0.39 is 0 Å². The Bertz CT molecular complexity index is 768. The zero-order valence-electron chi connectivity index (χ0n) is 14.9. The van der Waals surface area contributed by atoms with Crippen molar-refractivity contribution in [2.24, 2.45) is 0 Å². The molecule has 0 aliphatic heterocycles. The van der Waals surface area contributed by atoms with Crippen molar-refractivity contribution in [1.82, 2.24) is 0 Å². The summed E-state index contributed by atoms with van der Waals surface area (Å²) in [7, 11) is 0. The summed E-state index contributed by atoms with van der Waals surface area (Å²) in [5, 5.41) is 3.33. The standard InChI is InChI=1S/C21H22ClNO4/c22-16-8-12-18(13-9-16)26-14-20(24)23-17-10-6-15(7-11-17)21(25)27-19-4-2-1-3-5-19/h6-13,19H,1-5,14H2,(H,23,24). The molecule has 1 fully saturated rings. The second-order valence-corrected chi connectivity index (χ2v) is 6.97. The highest BCUT2D eigenvalue weighted by atomic mass is 35.5. The first-order valence-corrected chi connectivity index (χ1v) is 9.47. The average Bonchev–Trinajstić information content (AvgIpc) is 2.69. The van der Waals surface area contributed by atoms with E-state index in [1.54, 1.807) is 48.5 Å². The Labute approximate surface area is 163 Å². The second-order valence-electron chi connectivity index (χ2n) is 6.53. The molecular weight excluding hydrogens is 366 g/mol. The number of benzene rings is 2. The van der Waals surface area contributed by atoms with E-state index in [0.29, 0.717) is 22.0 Å². The van der Waals surface area contributed by atoms with Crippen LogP contribution in [0.1, 0.15) is 42.5 Å². The summed E-state index contributed by atoms with van der Waals surface area (Å²) in [4.78, 5) is 24.2. The number of halogens is 1. The summed E-state index contributed by atoms with van der Waals surface area (Å²) in [6.45, 7) is -0.118. The topological polar surface area (TPSA) is 64.6 Å². The van der Waals surface area contributed by atoms with Crippen LogP contribution in [0, 0.1) is 0 Å². The maximum Gasteiger partial charge on any atom is 0.338 e. The molecule has 6 heteroatoms. The van der Waals surface area contributed by atoms with E-state index in [1.807, 2.05) is 0 Å². The molecule has 2 aromatic rings. The number of rotatable bonds is 6. The minimum atomic E-state index is -0.314. The molecule has 1 aliphatic rings. The lowest BCUT2D eigenvalue weighted by Crippen LogP contribution is -2.21. The first kappa shape index (κ1) is 19.2. The van der Waals surface area contributed by atoms with E-state index in [4.69, 9.17) is 21.1 Å². The second kappa shape index (κ2) is 9.42. The van der Waals surface area contributed by atoms with E-state index in [1.165, 1.54) is 6.42 Å². The van der Waals surface area contributed by atoms with E-state index >= 15 is 0 Å². The van der Waals surface area contributed by atoms with Crippen LogP contribution in [-0.2, 0) is 9.53 Å². The number of carbonyl (C=O) groups excluding carboxylic acids is 2. The SMILES string of the molecule is O=C(COc1ccc(Cl)cc1)Nc1ccc(C(=O)OC2CCCCC2)cc1. The van der Waals surface area contributed by atoms with Gasteiger partial charge in [-0.2, -0.15) is 0 Å². The van der Waals surface area contributed by atoms with Crippen molar-refractivity contribution in [1.29, 1.82) is 0 Å². The van der Waals surface area contributed by atoms with Crippen molar-refractivity contribution >= 4 is 29.2 Å². The van der Waals surface area contributed by atoms with Crippen LogP contribution >= 0.6 is 11.6 Å². The lowest BCUT2D eigenvalue weighted by atomic mass is 9.98. The number of carbonyl (C=O) groups is 2. The predicted octanol–water partition coefficient (Wildman–Crippen LogP) is 4.85. The Hall–Kier alpha value is -2.53. The molecule has 0 spiro atoms. The van der Waals surface area contributed by atoms with Crippen LogP contribution in [0.4, 0.5) is 5.69 Å². The van der Waals surface area contributed by atoms with Crippen molar-refractivity contribution in [3.63, 3.8) is 0 Å². The lowest BCUT2D eigenvalue weighted by Gasteiger charge is -2.21. The zero-order chi connectivity index (χ0) is 19.1. The molecule has 0 bridgehead atoms. The Morgan fingerprint density at radius 2 is 1.63 bits per heavy atom. The van der Waals surface area contributed by atoms with Gasteiger partial charge in [0.2, 0.25) is 0 Å². The van der Waals surface area contributed by atoms with Crippen LogP contribution < -0.4 is 10.1 Å². The summed E-state index contributed by atoms with van der Waals surface area (Å²) in [5.41, 5.74) is 1.07. The van der Waals surface area contributed by atoms with E-state index in [2.05, 4.69) is 5.32 Å². The Kier molecular flexibility index (Phi) is 6.71. The zero-order valence-corrected chi connectivity index (χ0v) is 15.7. The normalized spacial score (nSPS) is 14.4. The molecule has 3 rings (SSSR count). The third-order valence-corrected chi connectivity index (χ3v) is 4.67. The number of ether oxygens (including phenoxy) is 2. The van der Waals surface area contributed by atoms with Crippen molar-refractivity contribution in [2.45, 2.75) is 38.2 Å². The van der Waals surface area contributed by atoms with Gasteiger partial charge in [-0.1, -0.05) is 18.0 Å². The fourth-order valence-electron chi connectivity index (χ4n) is 2.97. The van der Waals surface area contributed by atoms with Crippen molar-refractivity contribution in [3.8, 4) is 5.75 Å². The number of anilines is 1. The molecule has 142 valence electrons. The van der Waals surface area contributed by atoms with Crippen molar-refractivity contribution < 1.29 is 19.1 Å². The number of esters is 1. The molecule has 0 unspecified atom stereocenters. The van der Waals surface area contributed by atoms with Crippen molar-refractivity contribution in [2.75, 3.05) is 11.9 Å². The molecular formula is C21H22ClNO4. The van der Waals surface area contributed by atoms with Crippen LogP contribution in [-0.4, -0.2) is 24.6 Å². The third kappa shape index (κ3) is 6.00. The molecule has 0 aromatic heterocycles. The monoisotopic (exact) mass is 387 g/mol. The predicted molar refractivity (Wildman–Crippen MR) is 104 cm³/mol. The summed E-state index contributed by atoms with van der Waals surface area (Å²) >= 11 is 5.80. The fraction of sp³-hybridized carbons (Fsp3) is 0.333. The molecule has 1 saturated carbocycles. The smallest absolute Gasteiger partial charge is 0.338 e. The van der Waals surface area contributed by atoms with Gasteiger partial charge < -0.3 is 14.8 Å². The minimum absolute atomic E-state index is 0.0237. The first-order valence-electron chi connectivity index (χ1n) is 9.09. The Morgan fingerprint density at radius 3 is 2.30 bits per heavy atom. The molecule has 1 amide bonds. The molecule has 0 saturated heterocycles. The molecule has 1 aliphatic carbocycles. The summed E-state index contributed by atoms with van der Waals surface area (Å²) in [6.07, 6.45) is 5.34. The summed E-state index contributed by atoms with van der Waals surface area (Å²) in [6, 6.07) is 13.4. The Morgan fingerprint density at radius 1 is 0.963 bits per heavy atom. The number of nitrogens with one attached hydrogen (secondary N) is 1. The number of amides is 1.